The van der Waals surface area contributed by atoms with Gasteiger partial charge in [0.05, 0.1) is 18.7 Å². The summed E-state index contributed by atoms with van der Waals surface area (Å²) in [6, 6.07) is 6.16. The topological polar surface area (TPSA) is 58.2 Å². The molecule has 0 aliphatic rings. The average molecular weight is 391 g/mol. The van der Waals surface area contributed by atoms with E-state index in [2.05, 4.69) is 5.32 Å². The van der Waals surface area contributed by atoms with Crippen molar-refractivity contribution in [2.75, 3.05) is 11.9 Å². The van der Waals surface area contributed by atoms with Gasteiger partial charge in [-0.2, -0.15) is 0 Å². The molecule has 25 heavy (non-hydrogen) atoms. The first-order valence-corrected chi connectivity index (χ1v) is 7.67. The molecule has 132 valence electrons. The molecule has 0 spiro atoms. The maximum absolute atomic E-state index is 13.4. The van der Waals surface area contributed by atoms with Crippen molar-refractivity contribution in [3.05, 3.63) is 63.4 Å². The van der Waals surface area contributed by atoms with Crippen LogP contribution in [0.3, 0.4) is 0 Å². The number of benzene rings is 2. The van der Waals surface area contributed by atoms with Gasteiger partial charge in [-0.05, 0) is 29.8 Å². The quantitative estimate of drug-likeness (QED) is 0.764. The molecule has 2 aromatic rings. The Labute approximate surface area is 150 Å². The SMILES string of the molecule is O=C(Cc1ccc(Cl)cc1Cl)NCC(=O)Nc1ccc(F)c(F)c1F. The van der Waals surface area contributed by atoms with Crippen molar-refractivity contribution in [1.29, 1.82) is 0 Å². The zero-order chi connectivity index (χ0) is 18.6. The van der Waals surface area contributed by atoms with Crippen LogP contribution in [0.4, 0.5) is 18.9 Å². The number of carbonyl (C=O) groups excluding carboxylic acids is 2. The van der Waals surface area contributed by atoms with Gasteiger partial charge < -0.3 is 10.6 Å². The number of amides is 2. The minimum absolute atomic E-state index is 0.0944. The summed E-state index contributed by atoms with van der Waals surface area (Å²) in [7, 11) is 0. The standard InChI is InChI=1S/C16H11Cl2F3N2O2/c17-9-2-1-8(10(18)6-9)5-13(24)22-7-14(25)23-12-4-3-11(19)15(20)16(12)21/h1-4,6H,5,7H2,(H,22,24)(H,23,25). The van der Waals surface area contributed by atoms with Crippen molar-refractivity contribution in [3.63, 3.8) is 0 Å². The molecule has 0 aliphatic heterocycles. The molecule has 2 N–H and O–H groups in total. The first-order chi connectivity index (χ1) is 11.8. The van der Waals surface area contributed by atoms with Crippen molar-refractivity contribution in [2.24, 2.45) is 0 Å². The minimum atomic E-state index is -1.70. The third kappa shape index (κ3) is 5.11. The Morgan fingerprint density at radius 1 is 0.960 bits per heavy atom. The molecule has 9 heteroatoms. The number of nitrogens with one attached hydrogen (secondary N) is 2. The number of hydrogen-bond acceptors (Lipinski definition) is 2. The van der Waals surface area contributed by atoms with Crippen molar-refractivity contribution in [2.45, 2.75) is 6.42 Å². The Balaban J connectivity index is 1.89. The van der Waals surface area contributed by atoms with E-state index >= 15 is 0 Å². The van der Waals surface area contributed by atoms with Crippen molar-refractivity contribution >= 4 is 40.7 Å². The van der Waals surface area contributed by atoms with Crippen LogP contribution >= 0.6 is 23.2 Å². The molecule has 2 amide bonds. The van der Waals surface area contributed by atoms with Crippen LogP contribution in [0.1, 0.15) is 5.56 Å². The third-order valence-corrected chi connectivity index (χ3v) is 3.71. The molecule has 4 nitrogen and oxygen atoms in total. The molecular formula is C16H11Cl2F3N2O2. The summed E-state index contributed by atoms with van der Waals surface area (Å²) in [4.78, 5) is 23.5. The monoisotopic (exact) mass is 390 g/mol. The van der Waals surface area contributed by atoms with Crippen LogP contribution in [0.15, 0.2) is 30.3 Å². The van der Waals surface area contributed by atoms with Crippen molar-refractivity contribution in [1.82, 2.24) is 5.32 Å². The molecule has 2 rings (SSSR count). The maximum atomic E-state index is 13.4. The van der Waals surface area contributed by atoms with E-state index in [1.165, 1.54) is 6.07 Å². The molecule has 0 bridgehead atoms. The average Bonchev–Trinajstić information content (AvgIpc) is 2.56. The van der Waals surface area contributed by atoms with Gasteiger partial charge >= 0.3 is 0 Å². The highest BCUT2D eigenvalue weighted by molar-refractivity contribution is 6.35. The summed E-state index contributed by atoms with van der Waals surface area (Å²) in [5.74, 6) is -5.90. The lowest BCUT2D eigenvalue weighted by Gasteiger charge is -2.09. The van der Waals surface area contributed by atoms with Crippen molar-refractivity contribution < 1.29 is 22.8 Å². The minimum Gasteiger partial charge on any atom is -0.347 e. The van der Waals surface area contributed by atoms with E-state index in [0.717, 1.165) is 6.07 Å². The van der Waals surface area contributed by atoms with Crippen LogP contribution in [0.5, 0.6) is 0 Å². The largest absolute Gasteiger partial charge is 0.347 e. The highest BCUT2D eigenvalue weighted by Crippen LogP contribution is 2.21. The van der Waals surface area contributed by atoms with E-state index in [4.69, 9.17) is 23.2 Å². The maximum Gasteiger partial charge on any atom is 0.243 e. The number of anilines is 1. The Morgan fingerprint density at radius 2 is 1.68 bits per heavy atom. The second-order valence-corrected chi connectivity index (χ2v) is 5.80. The first-order valence-electron chi connectivity index (χ1n) is 6.92. The van der Waals surface area contributed by atoms with Crippen LogP contribution in [0, 0.1) is 17.5 Å². The van der Waals surface area contributed by atoms with Gasteiger partial charge in [0.15, 0.2) is 17.5 Å². The molecule has 0 unspecified atom stereocenters. The lowest BCUT2D eigenvalue weighted by atomic mass is 10.1. The van der Waals surface area contributed by atoms with Gasteiger partial charge in [0.2, 0.25) is 11.8 Å². The lowest BCUT2D eigenvalue weighted by molar-refractivity contribution is -0.123. The molecule has 0 atom stereocenters. The highest BCUT2D eigenvalue weighted by atomic mass is 35.5. The summed E-state index contributed by atoms with van der Waals surface area (Å²) in [6.07, 6.45) is -0.0944. The van der Waals surface area contributed by atoms with Crippen LogP contribution in [0.25, 0.3) is 0 Å². The summed E-state index contributed by atoms with van der Waals surface area (Å²) in [5.41, 5.74) is -0.0190. The second kappa shape index (κ2) is 8.22. The van der Waals surface area contributed by atoms with Gasteiger partial charge in [0.1, 0.15) is 0 Å². The molecule has 0 aliphatic carbocycles. The van der Waals surface area contributed by atoms with E-state index in [9.17, 15) is 22.8 Å². The Bertz CT molecular complexity index is 831. The van der Waals surface area contributed by atoms with Crippen LogP contribution < -0.4 is 10.6 Å². The van der Waals surface area contributed by atoms with Gasteiger partial charge in [-0.3, -0.25) is 9.59 Å². The molecule has 0 radical (unpaired) electrons. The van der Waals surface area contributed by atoms with E-state index < -0.39 is 41.5 Å². The van der Waals surface area contributed by atoms with Crippen LogP contribution in [0.2, 0.25) is 10.0 Å². The van der Waals surface area contributed by atoms with Crippen molar-refractivity contribution in [3.8, 4) is 0 Å². The molecule has 0 fully saturated rings. The van der Waals surface area contributed by atoms with Gasteiger partial charge in [0.25, 0.3) is 0 Å². The Hall–Kier alpha value is -2.25. The molecule has 0 heterocycles. The van der Waals surface area contributed by atoms with Crippen LogP contribution in [-0.4, -0.2) is 18.4 Å². The molecular weight excluding hydrogens is 380 g/mol. The predicted molar refractivity (Wildman–Crippen MR) is 88.1 cm³/mol. The number of halogens is 5. The molecule has 0 saturated heterocycles. The fourth-order valence-corrected chi connectivity index (χ4v) is 2.37. The van der Waals surface area contributed by atoms with E-state index in [1.807, 2.05) is 5.32 Å². The van der Waals surface area contributed by atoms with E-state index in [0.29, 0.717) is 21.7 Å². The summed E-state index contributed by atoms with van der Waals surface area (Å²) >= 11 is 11.7. The Morgan fingerprint density at radius 3 is 2.36 bits per heavy atom. The fraction of sp³-hybridized carbons (Fsp3) is 0.125. The molecule has 2 aromatic carbocycles. The Kier molecular flexibility index (Phi) is 6.27. The number of rotatable bonds is 5. The molecule has 0 aromatic heterocycles. The smallest absolute Gasteiger partial charge is 0.243 e. The van der Waals surface area contributed by atoms with Crippen LogP contribution in [-0.2, 0) is 16.0 Å². The predicted octanol–water partition coefficient (Wildman–Crippen LogP) is 3.71. The zero-order valence-electron chi connectivity index (χ0n) is 12.5. The summed E-state index contributed by atoms with van der Waals surface area (Å²) in [5, 5.41) is 5.06. The third-order valence-electron chi connectivity index (χ3n) is 3.12. The number of carbonyl (C=O) groups is 2. The first kappa shape index (κ1) is 19.1. The van der Waals surface area contributed by atoms with Gasteiger partial charge in [-0.25, -0.2) is 13.2 Å². The lowest BCUT2D eigenvalue weighted by Crippen LogP contribution is -2.34. The summed E-state index contributed by atoms with van der Waals surface area (Å²) in [6.45, 7) is -0.484. The van der Waals surface area contributed by atoms with Gasteiger partial charge in [-0.1, -0.05) is 29.3 Å². The summed E-state index contributed by atoms with van der Waals surface area (Å²) < 4.78 is 39.3. The second-order valence-electron chi connectivity index (χ2n) is 4.96. The highest BCUT2D eigenvalue weighted by Gasteiger charge is 2.16. The van der Waals surface area contributed by atoms with Gasteiger partial charge in [-0.15, -0.1) is 0 Å². The van der Waals surface area contributed by atoms with E-state index in [-0.39, 0.29) is 6.42 Å². The molecule has 0 saturated carbocycles. The fourth-order valence-electron chi connectivity index (χ4n) is 1.90. The number of hydrogen-bond donors (Lipinski definition) is 2. The zero-order valence-corrected chi connectivity index (χ0v) is 14.0. The van der Waals surface area contributed by atoms with E-state index in [1.54, 1.807) is 12.1 Å². The normalized spacial score (nSPS) is 10.4. The van der Waals surface area contributed by atoms with Gasteiger partial charge in [0, 0.05) is 10.0 Å².